The topological polar surface area (TPSA) is 37.3 Å². The number of carbonyl (C=O) groups is 1. The van der Waals surface area contributed by atoms with Crippen LogP contribution in [0.4, 0.5) is 4.39 Å². The fourth-order valence-electron chi connectivity index (χ4n) is 1.98. The predicted molar refractivity (Wildman–Crippen MR) is 69.4 cm³/mol. The Morgan fingerprint density at radius 2 is 2.06 bits per heavy atom. The van der Waals surface area contributed by atoms with Gasteiger partial charge >= 0.3 is 5.97 Å². The first-order chi connectivity index (χ1) is 8.66. The first kappa shape index (κ1) is 12.8. The van der Waals surface area contributed by atoms with Gasteiger partial charge in [-0.3, -0.25) is 4.79 Å². The molecule has 1 N–H and O–H groups in total. The quantitative estimate of drug-likeness (QED) is 0.894. The molecule has 0 fully saturated rings. The van der Waals surface area contributed by atoms with Gasteiger partial charge in [-0.05, 0) is 29.5 Å². The summed E-state index contributed by atoms with van der Waals surface area (Å²) in [5.41, 5.74) is 0.480. The lowest BCUT2D eigenvalue weighted by atomic mass is 9.91. The van der Waals surface area contributed by atoms with E-state index in [1.807, 2.05) is 17.5 Å². The lowest BCUT2D eigenvalue weighted by Crippen LogP contribution is -2.10. The van der Waals surface area contributed by atoms with Crippen LogP contribution >= 0.6 is 11.3 Å². The van der Waals surface area contributed by atoms with Gasteiger partial charge in [0.2, 0.25) is 0 Å². The summed E-state index contributed by atoms with van der Waals surface area (Å²) >= 11 is 1.56. The maximum Gasteiger partial charge on any atom is 0.303 e. The van der Waals surface area contributed by atoms with Gasteiger partial charge in [-0.15, -0.1) is 11.3 Å². The van der Waals surface area contributed by atoms with Crippen LogP contribution in [-0.4, -0.2) is 11.1 Å². The van der Waals surface area contributed by atoms with E-state index in [2.05, 4.69) is 0 Å². The SMILES string of the molecule is O=C(O)CC(Cc1cccs1)c1ccccc1F. The molecule has 1 unspecified atom stereocenters. The molecule has 1 atom stereocenters. The molecule has 0 spiro atoms. The first-order valence-electron chi connectivity index (χ1n) is 5.65. The highest BCUT2D eigenvalue weighted by Gasteiger charge is 2.19. The van der Waals surface area contributed by atoms with Gasteiger partial charge < -0.3 is 5.11 Å². The molecule has 1 aromatic carbocycles. The predicted octanol–water partition coefficient (Wildman–Crippen LogP) is 3.69. The molecular formula is C14H13FO2S. The number of benzene rings is 1. The van der Waals surface area contributed by atoms with Gasteiger partial charge in [0.25, 0.3) is 0 Å². The van der Waals surface area contributed by atoms with Crippen molar-refractivity contribution < 1.29 is 14.3 Å². The summed E-state index contributed by atoms with van der Waals surface area (Å²) in [6, 6.07) is 10.2. The zero-order valence-corrected chi connectivity index (χ0v) is 10.5. The van der Waals surface area contributed by atoms with Gasteiger partial charge in [0.05, 0.1) is 6.42 Å². The largest absolute Gasteiger partial charge is 0.481 e. The number of carboxylic acids is 1. The molecule has 0 amide bonds. The van der Waals surface area contributed by atoms with E-state index in [-0.39, 0.29) is 18.2 Å². The Bertz CT molecular complexity index is 522. The number of thiophene rings is 1. The number of carboxylic acid groups (broad SMARTS) is 1. The van der Waals surface area contributed by atoms with Crippen molar-refractivity contribution in [3.63, 3.8) is 0 Å². The van der Waals surface area contributed by atoms with Gasteiger partial charge in [-0.25, -0.2) is 4.39 Å². The highest BCUT2D eigenvalue weighted by Crippen LogP contribution is 2.28. The molecule has 18 heavy (non-hydrogen) atoms. The van der Waals surface area contributed by atoms with Crippen molar-refractivity contribution in [3.8, 4) is 0 Å². The van der Waals surface area contributed by atoms with E-state index in [0.717, 1.165) is 4.88 Å². The molecule has 4 heteroatoms. The van der Waals surface area contributed by atoms with Crippen molar-refractivity contribution in [3.05, 3.63) is 58.0 Å². The molecule has 94 valence electrons. The summed E-state index contributed by atoms with van der Waals surface area (Å²) in [7, 11) is 0. The van der Waals surface area contributed by atoms with E-state index in [0.29, 0.717) is 12.0 Å². The third-order valence-corrected chi connectivity index (χ3v) is 3.69. The second kappa shape index (κ2) is 5.78. The third kappa shape index (κ3) is 3.17. The van der Waals surface area contributed by atoms with Crippen molar-refractivity contribution in [1.82, 2.24) is 0 Å². The minimum atomic E-state index is -0.903. The van der Waals surface area contributed by atoms with E-state index < -0.39 is 5.97 Å². The Balaban J connectivity index is 2.25. The van der Waals surface area contributed by atoms with E-state index >= 15 is 0 Å². The average Bonchev–Trinajstić information content (AvgIpc) is 2.81. The molecule has 2 nitrogen and oxygen atoms in total. The van der Waals surface area contributed by atoms with Crippen LogP contribution in [0.25, 0.3) is 0 Å². The average molecular weight is 264 g/mol. The Morgan fingerprint density at radius 3 is 2.67 bits per heavy atom. The minimum Gasteiger partial charge on any atom is -0.481 e. The van der Waals surface area contributed by atoms with Crippen molar-refractivity contribution in [2.45, 2.75) is 18.8 Å². The van der Waals surface area contributed by atoms with Crippen LogP contribution in [0, 0.1) is 5.82 Å². The number of aliphatic carboxylic acids is 1. The number of halogens is 1. The molecule has 0 saturated heterocycles. The maximum absolute atomic E-state index is 13.7. The molecule has 1 heterocycles. The Kier molecular flexibility index (Phi) is 4.10. The van der Waals surface area contributed by atoms with Gasteiger partial charge in [0.15, 0.2) is 0 Å². The van der Waals surface area contributed by atoms with Gasteiger partial charge in [0.1, 0.15) is 5.82 Å². The summed E-state index contributed by atoms with van der Waals surface area (Å²) in [5, 5.41) is 10.9. The molecule has 0 aliphatic carbocycles. The number of hydrogen-bond donors (Lipinski definition) is 1. The van der Waals surface area contributed by atoms with Gasteiger partial charge in [0, 0.05) is 10.8 Å². The molecule has 2 aromatic rings. The van der Waals surface area contributed by atoms with Crippen molar-refractivity contribution in [1.29, 1.82) is 0 Å². The molecular weight excluding hydrogens is 251 g/mol. The van der Waals surface area contributed by atoms with Crippen molar-refractivity contribution in [2.75, 3.05) is 0 Å². The molecule has 1 aromatic heterocycles. The van der Waals surface area contributed by atoms with Crippen LogP contribution in [0.1, 0.15) is 22.8 Å². The maximum atomic E-state index is 13.7. The first-order valence-corrected chi connectivity index (χ1v) is 6.53. The van der Waals surface area contributed by atoms with Crippen molar-refractivity contribution in [2.24, 2.45) is 0 Å². The van der Waals surface area contributed by atoms with Crippen LogP contribution in [0.2, 0.25) is 0 Å². The normalized spacial score (nSPS) is 12.3. The Morgan fingerprint density at radius 1 is 1.28 bits per heavy atom. The monoisotopic (exact) mass is 264 g/mol. The molecule has 0 aliphatic rings. The molecule has 0 bridgehead atoms. The smallest absolute Gasteiger partial charge is 0.303 e. The highest BCUT2D eigenvalue weighted by molar-refractivity contribution is 7.09. The summed E-state index contributed by atoms with van der Waals surface area (Å²) in [6.45, 7) is 0. The second-order valence-corrected chi connectivity index (χ2v) is 5.13. The Labute approximate surface area is 109 Å². The molecule has 2 rings (SSSR count). The highest BCUT2D eigenvalue weighted by atomic mass is 32.1. The summed E-state index contributed by atoms with van der Waals surface area (Å²) in [5.74, 6) is -1.55. The van der Waals surface area contributed by atoms with E-state index in [1.165, 1.54) is 6.07 Å². The third-order valence-electron chi connectivity index (χ3n) is 2.79. The zero-order valence-electron chi connectivity index (χ0n) is 9.67. The summed E-state index contributed by atoms with van der Waals surface area (Å²) < 4.78 is 13.7. The van der Waals surface area contributed by atoms with Crippen LogP contribution in [0.5, 0.6) is 0 Å². The lowest BCUT2D eigenvalue weighted by Gasteiger charge is -2.15. The lowest BCUT2D eigenvalue weighted by molar-refractivity contribution is -0.137. The van der Waals surface area contributed by atoms with E-state index in [9.17, 15) is 9.18 Å². The van der Waals surface area contributed by atoms with E-state index in [4.69, 9.17) is 5.11 Å². The molecule has 0 aliphatic heterocycles. The van der Waals surface area contributed by atoms with Crippen molar-refractivity contribution >= 4 is 17.3 Å². The van der Waals surface area contributed by atoms with Crippen LogP contribution < -0.4 is 0 Å². The van der Waals surface area contributed by atoms with Crippen LogP contribution in [0.3, 0.4) is 0 Å². The van der Waals surface area contributed by atoms with Gasteiger partial charge in [-0.1, -0.05) is 24.3 Å². The van der Waals surface area contributed by atoms with Crippen LogP contribution in [-0.2, 0) is 11.2 Å². The molecule has 0 saturated carbocycles. The molecule has 0 radical (unpaired) electrons. The van der Waals surface area contributed by atoms with Gasteiger partial charge in [-0.2, -0.15) is 0 Å². The number of rotatable bonds is 5. The standard InChI is InChI=1S/C14H13FO2S/c15-13-6-2-1-5-12(13)10(9-14(16)17)8-11-4-3-7-18-11/h1-7,10H,8-9H2,(H,16,17). The summed E-state index contributed by atoms with van der Waals surface area (Å²) in [4.78, 5) is 12.0. The minimum absolute atomic E-state index is 0.0567. The zero-order chi connectivity index (χ0) is 13.0. The summed E-state index contributed by atoms with van der Waals surface area (Å²) in [6.07, 6.45) is 0.504. The fourth-order valence-corrected chi connectivity index (χ4v) is 2.77. The number of hydrogen-bond acceptors (Lipinski definition) is 2. The second-order valence-electron chi connectivity index (χ2n) is 4.10. The van der Waals surface area contributed by atoms with Crippen LogP contribution in [0.15, 0.2) is 41.8 Å². The fraction of sp³-hybridized carbons (Fsp3) is 0.214. The Hall–Kier alpha value is -1.68. The van der Waals surface area contributed by atoms with E-state index in [1.54, 1.807) is 29.5 Å².